The minimum atomic E-state index is 0.436. The molecule has 15 heavy (non-hydrogen) atoms. The molecule has 0 spiro atoms. The number of benzene rings is 1. The summed E-state index contributed by atoms with van der Waals surface area (Å²) in [4.78, 5) is 12.6. The maximum absolute atomic E-state index is 11.3. The largest absolute Gasteiger partial charge is 0.300 e. The van der Waals surface area contributed by atoms with Gasteiger partial charge in [0.05, 0.1) is 0 Å². The second kappa shape index (κ2) is 4.84. The lowest BCUT2D eigenvalue weighted by Gasteiger charge is -2.20. The third-order valence-corrected chi connectivity index (χ3v) is 4.04. The first-order valence-electron chi connectivity index (χ1n) is 5.49. The first-order valence-corrected chi connectivity index (χ1v) is 6.37. The first-order chi connectivity index (χ1) is 7.24. The van der Waals surface area contributed by atoms with Gasteiger partial charge in [0.2, 0.25) is 0 Å². The van der Waals surface area contributed by atoms with Crippen molar-refractivity contribution in [3.05, 3.63) is 29.8 Å². The summed E-state index contributed by atoms with van der Waals surface area (Å²) < 4.78 is 0. The SMILES string of the molecule is Cc1ccc(S[C@H]2CCCC(=O)C2)cc1. The molecule has 1 fully saturated rings. The summed E-state index contributed by atoms with van der Waals surface area (Å²) >= 11 is 1.86. The number of aryl methyl sites for hydroxylation is 1. The van der Waals surface area contributed by atoms with Crippen LogP contribution in [-0.4, -0.2) is 11.0 Å². The highest BCUT2D eigenvalue weighted by Gasteiger charge is 2.19. The van der Waals surface area contributed by atoms with E-state index in [1.807, 2.05) is 11.8 Å². The number of hydrogen-bond acceptors (Lipinski definition) is 2. The fourth-order valence-corrected chi connectivity index (χ4v) is 3.13. The van der Waals surface area contributed by atoms with Crippen LogP contribution in [-0.2, 0) is 4.79 Å². The van der Waals surface area contributed by atoms with Gasteiger partial charge in [-0.25, -0.2) is 0 Å². The zero-order valence-electron chi connectivity index (χ0n) is 9.03. The third-order valence-electron chi connectivity index (χ3n) is 2.76. The van der Waals surface area contributed by atoms with E-state index in [-0.39, 0.29) is 0 Å². The van der Waals surface area contributed by atoms with E-state index >= 15 is 0 Å². The lowest BCUT2D eigenvalue weighted by molar-refractivity contribution is -0.120. The molecule has 1 aliphatic rings. The Labute approximate surface area is 95.3 Å². The van der Waals surface area contributed by atoms with E-state index < -0.39 is 0 Å². The Hall–Kier alpha value is -0.760. The van der Waals surface area contributed by atoms with E-state index in [0.29, 0.717) is 11.0 Å². The van der Waals surface area contributed by atoms with E-state index in [2.05, 4.69) is 31.2 Å². The molecular weight excluding hydrogens is 204 g/mol. The Morgan fingerprint density at radius 2 is 2.00 bits per heavy atom. The van der Waals surface area contributed by atoms with Crippen molar-refractivity contribution < 1.29 is 4.79 Å². The molecule has 0 aromatic heterocycles. The van der Waals surface area contributed by atoms with Crippen LogP contribution in [0.25, 0.3) is 0 Å². The van der Waals surface area contributed by atoms with Crippen molar-refractivity contribution in [2.75, 3.05) is 0 Å². The molecule has 1 aliphatic carbocycles. The molecule has 2 rings (SSSR count). The molecule has 1 saturated carbocycles. The highest BCUT2D eigenvalue weighted by molar-refractivity contribution is 8.00. The molecule has 1 aromatic carbocycles. The summed E-state index contributed by atoms with van der Waals surface area (Å²) in [6, 6.07) is 8.57. The van der Waals surface area contributed by atoms with Gasteiger partial charge < -0.3 is 0 Å². The maximum Gasteiger partial charge on any atom is 0.134 e. The van der Waals surface area contributed by atoms with Gasteiger partial charge in [0, 0.05) is 23.0 Å². The van der Waals surface area contributed by atoms with Crippen molar-refractivity contribution >= 4 is 17.5 Å². The quantitative estimate of drug-likeness (QED) is 0.757. The van der Waals surface area contributed by atoms with Crippen LogP contribution in [0.5, 0.6) is 0 Å². The highest BCUT2D eigenvalue weighted by Crippen LogP contribution is 2.32. The lowest BCUT2D eigenvalue weighted by Crippen LogP contribution is -2.16. The predicted octanol–water partition coefficient (Wildman–Crippen LogP) is 3.60. The van der Waals surface area contributed by atoms with E-state index in [1.54, 1.807) is 0 Å². The topological polar surface area (TPSA) is 17.1 Å². The molecular formula is C13H16OS. The van der Waals surface area contributed by atoms with Gasteiger partial charge in [-0.05, 0) is 31.9 Å². The summed E-state index contributed by atoms with van der Waals surface area (Å²) in [5.41, 5.74) is 1.29. The Balaban J connectivity index is 1.96. The summed E-state index contributed by atoms with van der Waals surface area (Å²) in [6.07, 6.45) is 3.82. The number of ketones is 1. The summed E-state index contributed by atoms with van der Waals surface area (Å²) in [5.74, 6) is 0.436. The fraction of sp³-hybridized carbons (Fsp3) is 0.462. The molecule has 1 nitrogen and oxygen atoms in total. The Morgan fingerprint density at radius 3 is 2.67 bits per heavy atom. The van der Waals surface area contributed by atoms with Crippen LogP contribution in [0.2, 0.25) is 0 Å². The Kier molecular flexibility index (Phi) is 3.47. The molecule has 1 aromatic rings. The van der Waals surface area contributed by atoms with Crippen LogP contribution < -0.4 is 0 Å². The Morgan fingerprint density at radius 1 is 1.27 bits per heavy atom. The fourth-order valence-electron chi connectivity index (χ4n) is 1.89. The number of carbonyl (C=O) groups excluding carboxylic acids is 1. The molecule has 0 bridgehead atoms. The second-order valence-electron chi connectivity index (χ2n) is 4.19. The van der Waals surface area contributed by atoms with Crippen molar-refractivity contribution in [1.82, 2.24) is 0 Å². The van der Waals surface area contributed by atoms with Crippen molar-refractivity contribution in [1.29, 1.82) is 0 Å². The van der Waals surface area contributed by atoms with Crippen LogP contribution in [0.1, 0.15) is 31.2 Å². The lowest BCUT2D eigenvalue weighted by atomic mass is 9.99. The number of thioether (sulfide) groups is 1. The standard InChI is InChI=1S/C13H16OS/c1-10-5-7-12(8-6-10)15-13-4-2-3-11(14)9-13/h5-8,13H,2-4,9H2,1H3/t13-/m0/s1. The Bertz CT molecular complexity index is 342. The molecule has 80 valence electrons. The molecule has 0 aliphatic heterocycles. The first kappa shape index (κ1) is 10.7. The van der Waals surface area contributed by atoms with Crippen LogP contribution in [0.3, 0.4) is 0 Å². The molecule has 0 amide bonds. The normalized spacial score (nSPS) is 21.7. The third kappa shape index (κ3) is 3.10. The number of carbonyl (C=O) groups is 1. The molecule has 0 unspecified atom stereocenters. The number of hydrogen-bond donors (Lipinski definition) is 0. The maximum atomic E-state index is 11.3. The predicted molar refractivity (Wildman–Crippen MR) is 64.3 cm³/mol. The zero-order chi connectivity index (χ0) is 10.7. The van der Waals surface area contributed by atoms with E-state index in [0.717, 1.165) is 19.3 Å². The average Bonchev–Trinajstić information content (AvgIpc) is 2.22. The molecule has 2 heteroatoms. The van der Waals surface area contributed by atoms with Gasteiger partial charge in [-0.15, -0.1) is 11.8 Å². The van der Waals surface area contributed by atoms with Gasteiger partial charge >= 0.3 is 0 Å². The van der Waals surface area contributed by atoms with Crippen LogP contribution >= 0.6 is 11.8 Å². The smallest absolute Gasteiger partial charge is 0.134 e. The van der Waals surface area contributed by atoms with E-state index in [9.17, 15) is 4.79 Å². The average molecular weight is 220 g/mol. The molecule has 0 radical (unpaired) electrons. The monoisotopic (exact) mass is 220 g/mol. The van der Waals surface area contributed by atoms with Crippen molar-refractivity contribution in [3.8, 4) is 0 Å². The minimum absolute atomic E-state index is 0.436. The molecule has 1 atom stereocenters. The van der Waals surface area contributed by atoms with E-state index in [1.165, 1.54) is 16.9 Å². The van der Waals surface area contributed by atoms with Gasteiger partial charge in [-0.2, -0.15) is 0 Å². The molecule has 0 heterocycles. The van der Waals surface area contributed by atoms with Gasteiger partial charge in [-0.3, -0.25) is 4.79 Å². The van der Waals surface area contributed by atoms with Crippen LogP contribution in [0.4, 0.5) is 0 Å². The van der Waals surface area contributed by atoms with Crippen molar-refractivity contribution in [2.45, 2.75) is 42.8 Å². The van der Waals surface area contributed by atoms with E-state index in [4.69, 9.17) is 0 Å². The second-order valence-corrected chi connectivity index (χ2v) is 5.56. The minimum Gasteiger partial charge on any atom is -0.300 e. The summed E-state index contributed by atoms with van der Waals surface area (Å²) in [6.45, 7) is 2.10. The molecule has 0 N–H and O–H groups in total. The summed E-state index contributed by atoms with van der Waals surface area (Å²) in [7, 11) is 0. The van der Waals surface area contributed by atoms with Gasteiger partial charge in [-0.1, -0.05) is 17.7 Å². The van der Waals surface area contributed by atoms with Gasteiger partial charge in [0.25, 0.3) is 0 Å². The van der Waals surface area contributed by atoms with Gasteiger partial charge in [0.15, 0.2) is 0 Å². The highest BCUT2D eigenvalue weighted by atomic mass is 32.2. The van der Waals surface area contributed by atoms with Gasteiger partial charge in [0.1, 0.15) is 5.78 Å². The number of Topliss-reactive ketones (excluding diaryl/α,β-unsaturated/α-hetero) is 1. The van der Waals surface area contributed by atoms with Crippen LogP contribution in [0, 0.1) is 6.92 Å². The molecule has 0 saturated heterocycles. The van der Waals surface area contributed by atoms with Crippen molar-refractivity contribution in [2.24, 2.45) is 0 Å². The number of rotatable bonds is 2. The zero-order valence-corrected chi connectivity index (χ0v) is 9.85. The summed E-state index contributed by atoms with van der Waals surface area (Å²) in [5, 5.41) is 0.508. The van der Waals surface area contributed by atoms with Crippen LogP contribution in [0.15, 0.2) is 29.2 Å². The van der Waals surface area contributed by atoms with Crippen molar-refractivity contribution in [3.63, 3.8) is 0 Å².